The van der Waals surface area contributed by atoms with Gasteiger partial charge in [0.05, 0.1) is 11.4 Å². The molecule has 0 saturated heterocycles. The molecule has 2 aromatic heterocycles. The minimum Gasteiger partial charge on any atom is -0.453 e. The molecule has 4 heteroatoms. The molecule has 0 atom stereocenters. The van der Waals surface area contributed by atoms with Crippen molar-refractivity contribution in [2.45, 2.75) is 13.8 Å². The highest BCUT2D eigenvalue weighted by Gasteiger charge is 2.28. The first kappa shape index (κ1) is 24.8. The highest BCUT2D eigenvalue weighted by Crippen LogP contribution is 2.50. The quantitative estimate of drug-likeness (QED) is 0.212. The van der Waals surface area contributed by atoms with Gasteiger partial charge >= 0.3 is 0 Å². The fraction of sp³-hybridized carbons (Fsp3) is 0.0811. The van der Waals surface area contributed by atoms with Crippen molar-refractivity contribution >= 4 is 17.2 Å². The Bertz CT molecular complexity index is 1870. The highest BCUT2D eigenvalue weighted by atomic mass is 16.5. The van der Waals surface area contributed by atoms with Crippen LogP contribution in [-0.4, -0.2) is 4.98 Å². The zero-order valence-corrected chi connectivity index (χ0v) is 23.4. The molecule has 0 saturated carbocycles. The van der Waals surface area contributed by atoms with Crippen molar-refractivity contribution in [3.05, 3.63) is 139 Å². The molecular weight excluding hydrogens is 502 g/mol. The average molecular weight is 533 g/mol. The lowest BCUT2D eigenvalue weighted by molar-refractivity contribution is -0.660. The van der Waals surface area contributed by atoms with E-state index in [1.165, 1.54) is 33.4 Å². The molecule has 0 radical (unpaired) electrons. The van der Waals surface area contributed by atoms with Gasteiger partial charge in [0.2, 0.25) is 5.69 Å². The van der Waals surface area contributed by atoms with Crippen molar-refractivity contribution in [3.8, 4) is 45.0 Å². The second-order valence-electron chi connectivity index (χ2n) is 10.5. The largest absolute Gasteiger partial charge is 0.453 e. The normalized spacial score (nSPS) is 11.9. The molecule has 0 N–H and O–H groups in total. The van der Waals surface area contributed by atoms with Crippen molar-refractivity contribution in [2.75, 3.05) is 4.90 Å². The number of hydrogen-bond acceptors (Lipinski definition) is 3. The lowest BCUT2D eigenvalue weighted by Crippen LogP contribution is -2.30. The zero-order valence-electron chi connectivity index (χ0n) is 23.4. The van der Waals surface area contributed by atoms with Gasteiger partial charge < -0.3 is 4.74 Å². The minimum absolute atomic E-state index is 0.806. The van der Waals surface area contributed by atoms with Crippen LogP contribution in [0.25, 0.3) is 33.5 Å². The van der Waals surface area contributed by atoms with Gasteiger partial charge in [-0.25, -0.2) is 9.55 Å². The molecule has 6 aromatic rings. The van der Waals surface area contributed by atoms with Gasteiger partial charge in [0.25, 0.3) is 0 Å². The SMILES string of the molecule is Cc1cc(-c2ccccc2)cc(C)c1-c1cc[n+](C)c(-c2ccc3c(c2)N(c2ccccn2)c2ccccc2O3)c1. The Morgan fingerprint density at radius 2 is 1.34 bits per heavy atom. The van der Waals surface area contributed by atoms with E-state index in [9.17, 15) is 0 Å². The number of anilines is 3. The number of ether oxygens (including phenoxy) is 1. The van der Waals surface area contributed by atoms with Gasteiger partial charge in [-0.3, -0.25) is 4.90 Å². The van der Waals surface area contributed by atoms with Crippen molar-refractivity contribution in [1.82, 2.24) is 4.98 Å². The summed E-state index contributed by atoms with van der Waals surface area (Å²) in [6, 6.07) is 40.2. The van der Waals surface area contributed by atoms with Crippen LogP contribution in [0.4, 0.5) is 17.2 Å². The number of hydrogen-bond donors (Lipinski definition) is 0. The molecule has 0 spiro atoms. The number of pyridine rings is 2. The number of para-hydroxylation sites is 2. The van der Waals surface area contributed by atoms with Crippen LogP contribution >= 0.6 is 0 Å². The Labute approximate surface area is 240 Å². The molecule has 0 fully saturated rings. The van der Waals surface area contributed by atoms with E-state index in [1.807, 2.05) is 42.6 Å². The van der Waals surface area contributed by atoms with Crippen molar-refractivity contribution in [2.24, 2.45) is 7.05 Å². The van der Waals surface area contributed by atoms with Gasteiger partial charge in [-0.05, 0) is 89.7 Å². The maximum Gasteiger partial charge on any atom is 0.212 e. The fourth-order valence-electron chi connectivity index (χ4n) is 5.88. The monoisotopic (exact) mass is 532 g/mol. The zero-order chi connectivity index (χ0) is 27.9. The summed E-state index contributed by atoms with van der Waals surface area (Å²) in [4.78, 5) is 6.87. The third-order valence-corrected chi connectivity index (χ3v) is 7.78. The van der Waals surface area contributed by atoms with E-state index in [1.54, 1.807) is 0 Å². The molecule has 0 amide bonds. The minimum atomic E-state index is 0.806. The molecule has 41 heavy (non-hydrogen) atoms. The van der Waals surface area contributed by atoms with E-state index in [-0.39, 0.29) is 0 Å². The molecule has 0 unspecified atom stereocenters. The summed E-state index contributed by atoms with van der Waals surface area (Å²) in [6.45, 7) is 4.42. The van der Waals surface area contributed by atoms with Gasteiger partial charge in [0.15, 0.2) is 17.7 Å². The Balaban J connectivity index is 1.33. The first-order chi connectivity index (χ1) is 20.1. The number of benzene rings is 4. The van der Waals surface area contributed by atoms with Gasteiger partial charge in [-0.1, -0.05) is 60.7 Å². The third kappa shape index (κ3) is 4.44. The van der Waals surface area contributed by atoms with Crippen LogP contribution in [-0.2, 0) is 7.05 Å². The van der Waals surface area contributed by atoms with Crippen molar-refractivity contribution in [1.29, 1.82) is 0 Å². The smallest absolute Gasteiger partial charge is 0.212 e. The summed E-state index contributed by atoms with van der Waals surface area (Å²) >= 11 is 0. The molecule has 4 aromatic carbocycles. The van der Waals surface area contributed by atoms with Crippen LogP contribution in [0, 0.1) is 13.8 Å². The maximum atomic E-state index is 6.35. The Kier molecular flexibility index (Phi) is 6.09. The van der Waals surface area contributed by atoms with E-state index >= 15 is 0 Å². The van der Waals surface area contributed by atoms with Gasteiger partial charge in [-0.15, -0.1) is 0 Å². The van der Waals surface area contributed by atoms with Gasteiger partial charge in [0.1, 0.15) is 12.9 Å². The summed E-state index contributed by atoms with van der Waals surface area (Å²) in [5, 5.41) is 0. The topological polar surface area (TPSA) is 29.2 Å². The first-order valence-electron chi connectivity index (χ1n) is 13.9. The lowest BCUT2D eigenvalue weighted by Gasteiger charge is -2.32. The van der Waals surface area contributed by atoms with Crippen LogP contribution in [0.15, 0.2) is 128 Å². The van der Waals surface area contributed by atoms with Crippen LogP contribution in [0.2, 0.25) is 0 Å². The highest BCUT2D eigenvalue weighted by molar-refractivity contribution is 5.87. The number of aryl methyl sites for hydroxylation is 3. The molecule has 0 aliphatic carbocycles. The predicted octanol–water partition coefficient (Wildman–Crippen LogP) is 9.10. The van der Waals surface area contributed by atoms with E-state index in [2.05, 4.69) is 120 Å². The van der Waals surface area contributed by atoms with Gasteiger partial charge in [0, 0.05) is 23.9 Å². The maximum absolute atomic E-state index is 6.35. The summed E-state index contributed by atoms with van der Waals surface area (Å²) in [5.74, 6) is 2.47. The molecule has 1 aliphatic heterocycles. The molecule has 1 aliphatic rings. The Morgan fingerprint density at radius 1 is 0.610 bits per heavy atom. The van der Waals surface area contributed by atoms with Crippen molar-refractivity contribution in [3.63, 3.8) is 0 Å². The Hall–Kier alpha value is -5.22. The number of fused-ring (bicyclic) bond motifs is 2. The van der Waals surface area contributed by atoms with Crippen LogP contribution in [0.5, 0.6) is 11.5 Å². The predicted molar refractivity (Wildman–Crippen MR) is 166 cm³/mol. The fourth-order valence-corrected chi connectivity index (χ4v) is 5.88. The molecule has 4 nitrogen and oxygen atoms in total. The van der Waals surface area contributed by atoms with Crippen LogP contribution in [0.3, 0.4) is 0 Å². The molecule has 198 valence electrons. The molecular formula is C37H30N3O+. The van der Waals surface area contributed by atoms with E-state index in [4.69, 9.17) is 4.74 Å². The number of rotatable bonds is 4. The van der Waals surface area contributed by atoms with Crippen LogP contribution < -0.4 is 14.2 Å². The van der Waals surface area contributed by atoms with E-state index < -0.39 is 0 Å². The summed E-state index contributed by atoms with van der Waals surface area (Å²) < 4.78 is 8.52. The molecule has 7 rings (SSSR count). The van der Waals surface area contributed by atoms with Crippen LogP contribution in [0.1, 0.15) is 11.1 Å². The second-order valence-corrected chi connectivity index (χ2v) is 10.5. The standard InChI is InChI=1S/C37H30N3O/c1-25-21-30(27-11-5-4-6-12-27)22-26(2)37(25)29-18-20-39(3)32(24-29)28-16-17-35-33(23-28)40(36-15-9-10-19-38-36)31-13-7-8-14-34(31)41-35/h4-24H,1-3H3/q+1. The third-order valence-electron chi connectivity index (χ3n) is 7.78. The number of aromatic nitrogens is 2. The summed E-state index contributed by atoms with van der Waals surface area (Å²) in [7, 11) is 2.10. The number of nitrogens with zero attached hydrogens (tertiary/aromatic N) is 3. The Morgan fingerprint density at radius 3 is 2.12 bits per heavy atom. The van der Waals surface area contributed by atoms with Gasteiger partial charge in [-0.2, -0.15) is 0 Å². The molecule has 3 heterocycles. The van der Waals surface area contributed by atoms with Crippen molar-refractivity contribution < 1.29 is 9.30 Å². The van der Waals surface area contributed by atoms with E-state index in [0.717, 1.165) is 39.9 Å². The second kappa shape index (κ2) is 10.1. The lowest BCUT2D eigenvalue weighted by atomic mass is 9.91. The van der Waals surface area contributed by atoms with E-state index in [0.29, 0.717) is 0 Å². The summed E-state index contributed by atoms with van der Waals surface area (Å²) in [6.07, 6.45) is 3.98. The summed E-state index contributed by atoms with van der Waals surface area (Å²) in [5.41, 5.74) is 11.6. The first-order valence-corrected chi connectivity index (χ1v) is 13.9. The average Bonchev–Trinajstić information content (AvgIpc) is 3.01. The molecule has 0 bridgehead atoms.